The van der Waals surface area contributed by atoms with Crippen LogP contribution in [0, 0.1) is 20.8 Å². The van der Waals surface area contributed by atoms with Crippen LogP contribution in [-0.4, -0.2) is 25.8 Å². The normalized spacial score (nSPS) is 11.8. The highest BCUT2D eigenvalue weighted by molar-refractivity contribution is 5.91. The van der Waals surface area contributed by atoms with Crippen LogP contribution in [0.1, 0.15) is 29.1 Å². The highest BCUT2D eigenvalue weighted by Gasteiger charge is 2.07. The van der Waals surface area contributed by atoms with Crippen molar-refractivity contribution in [2.45, 2.75) is 33.6 Å². The fourth-order valence-corrected chi connectivity index (χ4v) is 3.15. The third-order valence-electron chi connectivity index (χ3n) is 4.61. The molecule has 0 N–H and O–H groups in total. The van der Waals surface area contributed by atoms with Crippen LogP contribution in [0.4, 0.5) is 5.69 Å². The van der Waals surface area contributed by atoms with Gasteiger partial charge in [0.25, 0.3) is 0 Å². The molecule has 26 heavy (non-hydrogen) atoms. The summed E-state index contributed by atoms with van der Waals surface area (Å²) in [4.78, 5) is 13.6. The summed E-state index contributed by atoms with van der Waals surface area (Å²) in [5.41, 5.74) is 7.22. The summed E-state index contributed by atoms with van der Waals surface area (Å²) >= 11 is 0. The molecule has 0 aliphatic rings. The number of fused-ring (bicyclic) bond motifs is 2. The van der Waals surface area contributed by atoms with Gasteiger partial charge in [0, 0.05) is 24.0 Å². The minimum absolute atomic E-state index is 0.831. The van der Waals surface area contributed by atoms with Gasteiger partial charge in [-0.3, -0.25) is 15.0 Å². The van der Waals surface area contributed by atoms with E-state index in [0.29, 0.717) is 0 Å². The van der Waals surface area contributed by atoms with Gasteiger partial charge in [-0.05, 0) is 51.3 Å². The fraction of sp³-hybridized carbons (Fsp3) is 0.238. The van der Waals surface area contributed by atoms with Gasteiger partial charge in [0.15, 0.2) is 0 Å². The number of pyridine rings is 1. The zero-order valence-electron chi connectivity index (χ0n) is 15.3. The van der Waals surface area contributed by atoms with Crippen LogP contribution in [0.15, 0.2) is 47.7 Å². The van der Waals surface area contributed by atoms with Crippen molar-refractivity contribution >= 4 is 28.3 Å². The number of benzene rings is 1. The Morgan fingerprint density at radius 3 is 2.85 bits per heavy atom. The van der Waals surface area contributed by atoms with Crippen LogP contribution in [0.3, 0.4) is 0 Å². The van der Waals surface area contributed by atoms with Gasteiger partial charge < -0.3 is 0 Å². The fourth-order valence-electron chi connectivity index (χ4n) is 3.15. The molecule has 3 heterocycles. The molecule has 0 bridgehead atoms. The van der Waals surface area contributed by atoms with Gasteiger partial charge in [-0.25, -0.2) is 4.52 Å². The van der Waals surface area contributed by atoms with Crippen LogP contribution in [0.2, 0.25) is 0 Å². The molecule has 5 nitrogen and oxygen atoms in total. The van der Waals surface area contributed by atoms with Crippen molar-refractivity contribution in [3.63, 3.8) is 0 Å². The highest BCUT2D eigenvalue weighted by atomic mass is 15.2. The SMILES string of the molecule is Cc1ccc2cccnc2c1N=CCCc1cc2c(C)ncc(C)n2n1. The summed E-state index contributed by atoms with van der Waals surface area (Å²) in [7, 11) is 0. The lowest BCUT2D eigenvalue weighted by Gasteiger charge is -2.04. The van der Waals surface area contributed by atoms with Crippen molar-refractivity contribution in [1.29, 1.82) is 0 Å². The summed E-state index contributed by atoms with van der Waals surface area (Å²) in [5, 5.41) is 5.80. The van der Waals surface area contributed by atoms with Crippen LogP contribution in [-0.2, 0) is 6.42 Å². The van der Waals surface area contributed by atoms with Crippen molar-refractivity contribution in [2.75, 3.05) is 0 Å². The molecule has 0 unspecified atom stereocenters. The first-order valence-electron chi connectivity index (χ1n) is 8.81. The zero-order valence-corrected chi connectivity index (χ0v) is 15.3. The Hall–Kier alpha value is -3.08. The number of aromatic nitrogens is 4. The molecule has 0 radical (unpaired) electrons. The van der Waals surface area contributed by atoms with E-state index in [-0.39, 0.29) is 0 Å². The van der Waals surface area contributed by atoms with E-state index >= 15 is 0 Å². The number of nitrogens with zero attached hydrogens (tertiary/aromatic N) is 5. The summed E-state index contributed by atoms with van der Waals surface area (Å²) in [6.07, 6.45) is 7.32. The van der Waals surface area contributed by atoms with E-state index in [9.17, 15) is 0 Å². The van der Waals surface area contributed by atoms with Gasteiger partial charge >= 0.3 is 0 Å². The largest absolute Gasteiger partial charge is 0.259 e. The maximum absolute atomic E-state index is 4.70. The van der Waals surface area contributed by atoms with E-state index in [1.165, 1.54) is 0 Å². The molecule has 0 aliphatic carbocycles. The minimum atomic E-state index is 0.831. The smallest absolute Gasteiger partial charge is 0.0960 e. The summed E-state index contributed by atoms with van der Waals surface area (Å²) in [5.74, 6) is 0. The lowest BCUT2D eigenvalue weighted by molar-refractivity contribution is 0.842. The van der Waals surface area contributed by atoms with Crippen LogP contribution in [0.25, 0.3) is 16.4 Å². The number of hydrogen-bond acceptors (Lipinski definition) is 4. The maximum atomic E-state index is 4.70. The Kier molecular flexibility index (Phi) is 4.21. The molecule has 5 heteroatoms. The number of hydrogen-bond donors (Lipinski definition) is 0. The van der Waals surface area contributed by atoms with Crippen molar-refractivity contribution in [3.05, 3.63) is 65.4 Å². The predicted octanol–water partition coefficient (Wildman–Crippen LogP) is 4.54. The Labute approximate surface area is 152 Å². The quantitative estimate of drug-likeness (QED) is 0.511. The average molecular weight is 343 g/mol. The molecular formula is C21H21N5. The van der Waals surface area contributed by atoms with E-state index < -0.39 is 0 Å². The van der Waals surface area contributed by atoms with Gasteiger partial charge in [0.2, 0.25) is 0 Å². The second kappa shape index (κ2) is 6.67. The minimum Gasteiger partial charge on any atom is -0.259 e. The molecule has 0 spiro atoms. The summed E-state index contributed by atoms with van der Waals surface area (Å²) in [6, 6.07) is 10.3. The first kappa shape index (κ1) is 16.4. The second-order valence-electron chi connectivity index (χ2n) is 6.57. The molecule has 4 rings (SSSR count). The molecule has 0 saturated carbocycles. The molecule has 0 saturated heterocycles. The topological polar surface area (TPSA) is 55.4 Å². The van der Waals surface area contributed by atoms with E-state index in [1.807, 2.05) is 43.0 Å². The molecule has 3 aromatic heterocycles. The monoisotopic (exact) mass is 343 g/mol. The first-order chi connectivity index (χ1) is 12.6. The molecule has 0 amide bonds. The third kappa shape index (κ3) is 2.96. The number of rotatable bonds is 4. The number of aliphatic imine (C=N–C) groups is 1. The van der Waals surface area contributed by atoms with Crippen LogP contribution < -0.4 is 0 Å². The Morgan fingerprint density at radius 1 is 1.12 bits per heavy atom. The van der Waals surface area contributed by atoms with Crippen LogP contribution >= 0.6 is 0 Å². The standard InChI is InChI=1S/C21H21N5/c1-14-8-9-17-6-4-10-23-21(17)20(14)22-11-5-7-18-12-19-16(3)24-13-15(2)26(19)25-18/h4,6,8-13H,5,7H2,1-3H3. The average Bonchev–Trinajstić information content (AvgIpc) is 3.09. The van der Waals surface area contributed by atoms with Gasteiger partial charge in [-0.15, -0.1) is 0 Å². The molecular weight excluding hydrogens is 322 g/mol. The highest BCUT2D eigenvalue weighted by Crippen LogP contribution is 2.27. The molecule has 0 atom stereocenters. The lowest BCUT2D eigenvalue weighted by Crippen LogP contribution is -1.97. The van der Waals surface area contributed by atoms with Crippen LogP contribution in [0.5, 0.6) is 0 Å². The van der Waals surface area contributed by atoms with Crippen molar-refractivity contribution in [2.24, 2.45) is 4.99 Å². The van der Waals surface area contributed by atoms with E-state index in [0.717, 1.165) is 57.6 Å². The number of aryl methyl sites for hydroxylation is 4. The van der Waals surface area contributed by atoms with E-state index in [2.05, 4.69) is 46.3 Å². The van der Waals surface area contributed by atoms with Gasteiger partial charge in [-0.1, -0.05) is 18.2 Å². The Morgan fingerprint density at radius 2 is 2.00 bits per heavy atom. The third-order valence-corrected chi connectivity index (χ3v) is 4.61. The van der Waals surface area contributed by atoms with Crippen molar-refractivity contribution in [1.82, 2.24) is 19.6 Å². The summed E-state index contributed by atoms with van der Waals surface area (Å²) < 4.78 is 1.97. The van der Waals surface area contributed by atoms with E-state index in [1.54, 1.807) is 0 Å². The summed E-state index contributed by atoms with van der Waals surface area (Å²) in [6.45, 7) is 6.10. The molecule has 0 fully saturated rings. The predicted molar refractivity (Wildman–Crippen MR) is 105 cm³/mol. The van der Waals surface area contributed by atoms with Gasteiger partial charge in [0.05, 0.1) is 33.8 Å². The zero-order chi connectivity index (χ0) is 18.1. The molecule has 1 aromatic carbocycles. The van der Waals surface area contributed by atoms with Crippen molar-refractivity contribution in [3.8, 4) is 0 Å². The van der Waals surface area contributed by atoms with Gasteiger partial charge in [-0.2, -0.15) is 5.10 Å². The van der Waals surface area contributed by atoms with Gasteiger partial charge in [0.1, 0.15) is 0 Å². The first-order valence-corrected chi connectivity index (χ1v) is 8.81. The molecule has 4 aromatic rings. The van der Waals surface area contributed by atoms with E-state index in [4.69, 9.17) is 4.99 Å². The van der Waals surface area contributed by atoms with Crippen molar-refractivity contribution < 1.29 is 0 Å². The lowest BCUT2D eigenvalue weighted by atomic mass is 10.1. The molecule has 0 aliphatic heterocycles. The second-order valence-corrected chi connectivity index (χ2v) is 6.57. The maximum Gasteiger partial charge on any atom is 0.0960 e. The molecule has 130 valence electrons. The Bertz CT molecular complexity index is 1090. The Balaban J connectivity index is 1.54.